The lowest BCUT2D eigenvalue weighted by atomic mass is 9.98. The highest BCUT2D eigenvalue weighted by atomic mass is 19.1. The Morgan fingerprint density at radius 2 is 1.39 bits per heavy atom. The number of carbonyl (C=O) groups is 3. The predicted molar refractivity (Wildman–Crippen MR) is 113 cm³/mol. The first-order chi connectivity index (χ1) is 15.0. The molecule has 1 N–H and O–H groups in total. The molecule has 6 nitrogen and oxygen atoms in total. The Balaban J connectivity index is 1.72. The molecule has 5 rings (SSSR count). The van der Waals surface area contributed by atoms with Crippen LogP contribution in [0.5, 0.6) is 0 Å². The van der Waals surface area contributed by atoms with Gasteiger partial charge < -0.3 is 5.32 Å². The second-order valence-electron chi connectivity index (χ2n) is 7.34. The molecule has 0 bridgehead atoms. The fourth-order valence-corrected chi connectivity index (χ4v) is 3.94. The third-order valence-corrected chi connectivity index (χ3v) is 5.46. The molecule has 2 aliphatic heterocycles. The molecule has 152 valence electrons. The molecule has 0 aliphatic carbocycles. The largest absolute Gasteiger partial charge is 0.322 e. The van der Waals surface area contributed by atoms with E-state index in [-0.39, 0.29) is 22.4 Å². The summed E-state index contributed by atoms with van der Waals surface area (Å²) in [5, 5.41) is 2.78. The molecule has 0 unspecified atom stereocenters. The zero-order valence-corrected chi connectivity index (χ0v) is 16.4. The molecule has 0 saturated carbocycles. The van der Waals surface area contributed by atoms with Gasteiger partial charge in [-0.1, -0.05) is 42.5 Å². The second-order valence-corrected chi connectivity index (χ2v) is 7.34. The second kappa shape index (κ2) is 6.98. The maximum Gasteiger partial charge on any atom is 0.270 e. The number of imide groups is 1. The van der Waals surface area contributed by atoms with Gasteiger partial charge in [0.1, 0.15) is 5.82 Å². The number of fused-ring (bicyclic) bond motifs is 2. The number of nitrogens with zero attached hydrogens (tertiary/aromatic N) is 2. The number of aryl methyl sites for hydroxylation is 1. The summed E-state index contributed by atoms with van der Waals surface area (Å²) in [5.41, 5.74) is 2.51. The summed E-state index contributed by atoms with van der Waals surface area (Å²) in [7, 11) is 0. The van der Waals surface area contributed by atoms with Crippen LogP contribution in [0, 0.1) is 12.7 Å². The minimum atomic E-state index is -1.48. The molecule has 0 spiro atoms. The Bertz CT molecular complexity index is 1280. The number of hydrogen-bond acceptors (Lipinski definition) is 4. The predicted octanol–water partition coefficient (Wildman–Crippen LogP) is 3.55. The van der Waals surface area contributed by atoms with Crippen molar-refractivity contribution in [1.82, 2.24) is 4.90 Å². The van der Waals surface area contributed by atoms with Gasteiger partial charge in [-0.25, -0.2) is 14.3 Å². The Morgan fingerprint density at radius 1 is 0.806 bits per heavy atom. The average molecular weight is 413 g/mol. The Hall–Kier alpha value is -4.13. The maximum absolute atomic E-state index is 14.7. The third-order valence-electron chi connectivity index (χ3n) is 5.46. The van der Waals surface area contributed by atoms with Crippen LogP contribution in [-0.4, -0.2) is 34.5 Å². The number of halogens is 1. The van der Waals surface area contributed by atoms with Crippen LogP contribution >= 0.6 is 0 Å². The van der Waals surface area contributed by atoms with Crippen LogP contribution < -0.4 is 5.32 Å². The first-order valence-electron chi connectivity index (χ1n) is 9.68. The lowest BCUT2D eigenvalue weighted by molar-refractivity contribution is -0.119. The molecule has 2 heterocycles. The van der Waals surface area contributed by atoms with Gasteiger partial charge in [0.25, 0.3) is 17.7 Å². The SMILES string of the molecule is Cc1cccc2c1NC(=O)[C@H](N1C(=O)c3ccccc3C1=O)N=C2c1ccccc1F. The topological polar surface area (TPSA) is 78.8 Å². The summed E-state index contributed by atoms with van der Waals surface area (Å²) < 4.78 is 14.7. The van der Waals surface area contributed by atoms with Crippen LogP contribution in [0.4, 0.5) is 10.1 Å². The van der Waals surface area contributed by atoms with E-state index in [0.717, 1.165) is 10.5 Å². The number of hydrogen-bond donors (Lipinski definition) is 1. The molecule has 3 aromatic carbocycles. The Morgan fingerprint density at radius 3 is 2.03 bits per heavy atom. The number of para-hydroxylation sites is 1. The van der Waals surface area contributed by atoms with Crippen molar-refractivity contribution in [3.63, 3.8) is 0 Å². The molecule has 0 radical (unpaired) electrons. The smallest absolute Gasteiger partial charge is 0.270 e. The van der Waals surface area contributed by atoms with E-state index in [1.54, 1.807) is 55.5 Å². The molecular weight excluding hydrogens is 397 g/mol. The van der Waals surface area contributed by atoms with Gasteiger partial charge in [-0.2, -0.15) is 0 Å². The molecule has 2 aliphatic rings. The normalized spacial score (nSPS) is 17.6. The van der Waals surface area contributed by atoms with E-state index in [1.807, 2.05) is 0 Å². The van der Waals surface area contributed by atoms with Gasteiger partial charge in [0.15, 0.2) is 0 Å². The van der Waals surface area contributed by atoms with E-state index >= 15 is 0 Å². The quantitative estimate of drug-likeness (QED) is 0.653. The molecule has 0 saturated heterocycles. The Labute approximate surface area is 177 Å². The monoisotopic (exact) mass is 413 g/mol. The van der Waals surface area contributed by atoms with Crippen molar-refractivity contribution in [1.29, 1.82) is 0 Å². The summed E-state index contributed by atoms with van der Waals surface area (Å²) in [6.45, 7) is 1.81. The van der Waals surface area contributed by atoms with Gasteiger partial charge in [0, 0.05) is 11.1 Å². The van der Waals surface area contributed by atoms with E-state index < -0.39 is 29.7 Å². The Kier molecular flexibility index (Phi) is 4.25. The van der Waals surface area contributed by atoms with E-state index in [0.29, 0.717) is 11.3 Å². The number of benzene rings is 3. The number of carbonyl (C=O) groups excluding carboxylic acids is 3. The van der Waals surface area contributed by atoms with Crippen LogP contribution in [0.1, 0.15) is 37.4 Å². The van der Waals surface area contributed by atoms with Crippen LogP contribution in [0.25, 0.3) is 0 Å². The molecule has 31 heavy (non-hydrogen) atoms. The first-order valence-corrected chi connectivity index (χ1v) is 9.68. The van der Waals surface area contributed by atoms with Crippen molar-refractivity contribution in [2.75, 3.05) is 5.32 Å². The molecule has 1 atom stereocenters. The highest BCUT2D eigenvalue weighted by Gasteiger charge is 2.44. The van der Waals surface area contributed by atoms with Gasteiger partial charge >= 0.3 is 0 Å². The minimum Gasteiger partial charge on any atom is -0.322 e. The van der Waals surface area contributed by atoms with Gasteiger partial charge in [0.2, 0.25) is 6.17 Å². The lowest BCUT2D eigenvalue weighted by Crippen LogP contribution is -2.46. The van der Waals surface area contributed by atoms with Gasteiger partial charge in [-0.3, -0.25) is 14.4 Å². The van der Waals surface area contributed by atoms with Crippen molar-refractivity contribution in [3.8, 4) is 0 Å². The molecule has 3 amide bonds. The summed E-state index contributed by atoms with van der Waals surface area (Å²) in [4.78, 5) is 44.5. The highest BCUT2D eigenvalue weighted by Crippen LogP contribution is 2.31. The fourth-order valence-electron chi connectivity index (χ4n) is 3.94. The van der Waals surface area contributed by atoms with Crippen LogP contribution in [0.2, 0.25) is 0 Å². The first kappa shape index (κ1) is 18.9. The van der Waals surface area contributed by atoms with Crippen molar-refractivity contribution in [2.45, 2.75) is 13.1 Å². The van der Waals surface area contributed by atoms with E-state index in [4.69, 9.17) is 0 Å². The maximum atomic E-state index is 14.7. The number of benzodiazepines with no additional fused rings is 1. The van der Waals surface area contributed by atoms with Crippen molar-refractivity contribution >= 4 is 29.1 Å². The minimum absolute atomic E-state index is 0.174. The van der Waals surface area contributed by atoms with Gasteiger partial charge in [0.05, 0.1) is 22.5 Å². The van der Waals surface area contributed by atoms with E-state index in [1.165, 1.54) is 18.2 Å². The third kappa shape index (κ3) is 2.85. The van der Waals surface area contributed by atoms with Crippen molar-refractivity contribution in [2.24, 2.45) is 4.99 Å². The number of rotatable bonds is 2. The van der Waals surface area contributed by atoms with Crippen molar-refractivity contribution in [3.05, 3.63) is 100 Å². The van der Waals surface area contributed by atoms with Crippen LogP contribution in [0.3, 0.4) is 0 Å². The number of amides is 3. The van der Waals surface area contributed by atoms with E-state index in [9.17, 15) is 18.8 Å². The van der Waals surface area contributed by atoms with Crippen LogP contribution in [0.15, 0.2) is 71.7 Å². The molecule has 7 heteroatoms. The highest BCUT2D eigenvalue weighted by molar-refractivity contribution is 6.25. The summed E-state index contributed by atoms with van der Waals surface area (Å²) in [6.07, 6.45) is -1.48. The molecule has 3 aromatic rings. The van der Waals surface area contributed by atoms with Gasteiger partial charge in [-0.15, -0.1) is 0 Å². The molecule has 0 fully saturated rings. The zero-order valence-electron chi connectivity index (χ0n) is 16.4. The zero-order chi connectivity index (χ0) is 21.7. The number of anilines is 1. The van der Waals surface area contributed by atoms with Crippen LogP contribution in [-0.2, 0) is 4.79 Å². The lowest BCUT2D eigenvalue weighted by Gasteiger charge is -2.21. The standard InChI is InChI=1S/C24H16FN3O3/c1-13-7-6-11-17-19(13)27-22(29)21(26-20(17)16-10-4-5-12-18(16)25)28-23(30)14-8-2-3-9-15(14)24(28)31/h2-12,21H,1H3,(H,27,29)/t21-/m0/s1. The molecule has 0 aromatic heterocycles. The summed E-state index contributed by atoms with van der Waals surface area (Å²) in [5.74, 6) is -2.39. The molecular formula is C24H16FN3O3. The summed E-state index contributed by atoms with van der Waals surface area (Å²) in [6, 6.07) is 17.7. The van der Waals surface area contributed by atoms with Crippen molar-refractivity contribution < 1.29 is 18.8 Å². The summed E-state index contributed by atoms with van der Waals surface area (Å²) >= 11 is 0. The number of aliphatic imine (C=N–C) groups is 1. The fraction of sp³-hybridized carbons (Fsp3) is 0.0833. The van der Waals surface area contributed by atoms with E-state index in [2.05, 4.69) is 10.3 Å². The number of nitrogens with one attached hydrogen (secondary N) is 1. The van der Waals surface area contributed by atoms with Gasteiger partial charge in [-0.05, 0) is 36.8 Å². The average Bonchev–Trinajstić information content (AvgIpc) is 2.92.